The Balaban J connectivity index is 1.52. The van der Waals surface area contributed by atoms with Crippen molar-refractivity contribution in [2.45, 2.75) is 52.2 Å². The van der Waals surface area contributed by atoms with E-state index in [1.165, 1.54) is 55.2 Å². The van der Waals surface area contributed by atoms with Crippen LogP contribution in [0.4, 0.5) is 5.69 Å². The third kappa shape index (κ3) is 2.03. The molecule has 0 saturated carbocycles. The molecule has 32 heavy (non-hydrogen) atoms. The molecular formula is C29H29N3. The predicted molar refractivity (Wildman–Crippen MR) is 135 cm³/mol. The van der Waals surface area contributed by atoms with Crippen molar-refractivity contribution >= 4 is 38.4 Å². The third-order valence-electron chi connectivity index (χ3n) is 8.49. The molecular weight excluding hydrogens is 390 g/mol. The maximum absolute atomic E-state index is 4.03. The highest BCUT2D eigenvalue weighted by Crippen LogP contribution is 2.56. The Morgan fingerprint density at radius 2 is 1.62 bits per heavy atom. The van der Waals surface area contributed by atoms with Gasteiger partial charge in [0.25, 0.3) is 0 Å². The van der Waals surface area contributed by atoms with E-state index >= 15 is 0 Å². The number of nitrogens with zero attached hydrogens (tertiary/aromatic N) is 2. The van der Waals surface area contributed by atoms with Crippen molar-refractivity contribution < 1.29 is 0 Å². The Labute approximate surface area is 188 Å². The summed E-state index contributed by atoms with van der Waals surface area (Å²) >= 11 is 0. The second-order valence-corrected chi connectivity index (χ2v) is 10.2. The zero-order valence-corrected chi connectivity index (χ0v) is 19.2. The van der Waals surface area contributed by atoms with Crippen LogP contribution in [-0.4, -0.2) is 9.13 Å². The van der Waals surface area contributed by atoms with Crippen LogP contribution in [-0.2, 0) is 18.5 Å². The molecule has 4 heterocycles. The molecule has 0 bridgehead atoms. The number of fused-ring (bicyclic) bond motifs is 10. The number of anilines is 1. The summed E-state index contributed by atoms with van der Waals surface area (Å²) in [6.07, 6.45) is 0. The molecule has 0 amide bonds. The number of para-hydroxylation sites is 2. The lowest BCUT2D eigenvalue weighted by Crippen LogP contribution is -2.40. The number of hydrogen-bond donors (Lipinski definition) is 1. The maximum Gasteiger partial charge on any atom is 0.0721 e. The number of aromatic nitrogens is 2. The van der Waals surface area contributed by atoms with Gasteiger partial charge in [-0.3, -0.25) is 0 Å². The molecule has 2 aromatic heterocycles. The lowest BCUT2D eigenvalue weighted by molar-refractivity contribution is 0.276. The van der Waals surface area contributed by atoms with Crippen molar-refractivity contribution in [2.24, 2.45) is 5.92 Å². The van der Waals surface area contributed by atoms with Crippen LogP contribution in [0.1, 0.15) is 43.6 Å². The fraction of sp³-hybridized carbons (Fsp3) is 0.310. The first kappa shape index (κ1) is 18.4. The first-order chi connectivity index (χ1) is 15.5. The highest BCUT2D eigenvalue weighted by atomic mass is 15.1. The molecule has 0 aliphatic carbocycles. The zero-order valence-electron chi connectivity index (χ0n) is 19.2. The lowest BCUT2D eigenvalue weighted by atomic mass is 9.66. The number of aryl methyl sites for hydroxylation is 2. The minimum absolute atomic E-state index is 0.0556. The van der Waals surface area contributed by atoms with Crippen molar-refractivity contribution in [1.29, 1.82) is 0 Å². The first-order valence-corrected chi connectivity index (χ1v) is 11.9. The molecule has 3 aromatic carbocycles. The third-order valence-corrected chi connectivity index (χ3v) is 8.49. The maximum atomic E-state index is 4.03. The molecule has 7 rings (SSSR count). The van der Waals surface area contributed by atoms with Gasteiger partial charge in [0.05, 0.1) is 6.04 Å². The molecule has 2 aliphatic heterocycles. The minimum atomic E-state index is 0.0556. The summed E-state index contributed by atoms with van der Waals surface area (Å²) in [5.41, 5.74) is 9.85. The van der Waals surface area contributed by atoms with Crippen molar-refractivity contribution in [1.82, 2.24) is 9.13 Å². The standard InChI is InChI=1S/C29H29N3/c1-5-31-23-13-9-7-11-19(23)25-24(31)15-14-21-26(25)29(3,4)20-16-32-22-12-8-6-10-18(22)17(2)28(32)27(20)30-21/h6-15,20,27,30H,5,16H2,1-4H3/t20-,27-/m1/s1. The van der Waals surface area contributed by atoms with Gasteiger partial charge < -0.3 is 14.5 Å². The van der Waals surface area contributed by atoms with Crippen LogP contribution in [0.25, 0.3) is 32.7 Å². The van der Waals surface area contributed by atoms with Crippen molar-refractivity contribution in [3.63, 3.8) is 0 Å². The SMILES string of the molecule is CCn1c2ccccc2c2c3c(ccc21)N[C@H]1c2c(C)c4ccccc4n2C[C@H]1C3(C)C. The summed E-state index contributed by atoms with van der Waals surface area (Å²) in [6.45, 7) is 11.6. The van der Waals surface area contributed by atoms with Crippen LogP contribution >= 0.6 is 0 Å². The van der Waals surface area contributed by atoms with Gasteiger partial charge in [-0.1, -0.05) is 50.2 Å². The van der Waals surface area contributed by atoms with Crippen LogP contribution in [0.3, 0.4) is 0 Å². The highest BCUT2D eigenvalue weighted by Gasteiger charge is 2.49. The van der Waals surface area contributed by atoms with E-state index in [0.29, 0.717) is 12.0 Å². The topological polar surface area (TPSA) is 21.9 Å². The van der Waals surface area contributed by atoms with Gasteiger partial charge in [-0.25, -0.2) is 0 Å². The average molecular weight is 420 g/mol. The largest absolute Gasteiger partial charge is 0.376 e. The van der Waals surface area contributed by atoms with E-state index in [1.54, 1.807) is 0 Å². The van der Waals surface area contributed by atoms with Crippen molar-refractivity contribution in [2.75, 3.05) is 5.32 Å². The highest BCUT2D eigenvalue weighted by molar-refractivity contribution is 6.12. The predicted octanol–water partition coefficient (Wildman–Crippen LogP) is 7.15. The van der Waals surface area contributed by atoms with E-state index in [2.05, 4.69) is 103 Å². The van der Waals surface area contributed by atoms with Gasteiger partial charge >= 0.3 is 0 Å². The van der Waals surface area contributed by atoms with E-state index in [4.69, 9.17) is 0 Å². The van der Waals surface area contributed by atoms with E-state index < -0.39 is 0 Å². The Morgan fingerprint density at radius 1 is 0.906 bits per heavy atom. The normalized spacial score (nSPS) is 21.0. The Morgan fingerprint density at radius 3 is 2.41 bits per heavy atom. The van der Waals surface area contributed by atoms with Gasteiger partial charge in [0, 0.05) is 63.1 Å². The zero-order chi connectivity index (χ0) is 21.8. The van der Waals surface area contributed by atoms with Gasteiger partial charge in [-0.05, 0) is 54.7 Å². The molecule has 2 aliphatic rings. The molecule has 0 spiro atoms. The molecule has 5 aromatic rings. The van der Waals surface area contributed by atoms with Gasteiger partial charge in [0.1, 0.15) is 0 Å². The molecule has 0 fully saturated rings. The second-order valence-electron chi connectivity index (χ2n) is 10.2. The molecule has 1 N–H and O–H groups in total. The summed E-state index contributed by atoms with van der Waals surface area (Å²) in [5, 5.41) is 8.24. The van der Waals surface area contributed by atoms with Crippen molar-refractivity contribution in [3.05, 3.63) is 77.5 Å². The Hall–Kier alpha value is -3.20. The van der Waals surface area contributed by atoms with Crippen LogP contribution in [0.5, 0.6) is 0 Å². The molecule has 160 valence electrons. The van der Waals surface area contributed by atoms with Gasteiger partial charge in [0.2, 0.25) is 0 Å². The van der Waals surface area contributed by atoms with E-state index in [9.17, 15) is 0 Å². The van der Waals surface area contributed by atoms with Crippen molar-refractivity contribution in [3.8, 4) is 0 Å². The molecule has 0 saturated heterocycles. The van der Waals surface area contributed by atoms with Crippen LogP contribution in [0.2, 0.25) is 0 Å². The number of nitrogens with one attached hydrogen (secondary N) is 1. The van der Waals surface area contributed by atoms with Crippen LogP contribution < -0.4 is 5.32 Å². The lowest BCUT2D eigenvalue weighted by Gasteiger charge is -2.43. The summed E-state index contributed by atoms with van der Waals surface area (Å²) in [7, 11) is 0. The van der Waals surface area contributed by atoms with E-state index in [1.807, 2.05) is 0 Å². The number of hydrogen-bond acceptors (Lipinski definition) is 1. The minimum Gasteiger partial charge on any atom is -0.376 e. The van der Waals surface area contributed by atoms with Crippen LogP contribution in [0.15, 0.2) is 60.7 Å². The fourth-order valence-electron chi connectivity index (χ4n) is 7.02. The molecule has 3 nitrogen and oxygen atoms in total. The van der Waals surface area contributed by atoms with Crippen LogP contribution in [0, 0.1) is 12.8 Å². The smallest absolute Gasteiger partial charge is 0.0721 e. The quantitative estimate of drug-likeness (QED) is 0.306. The monoisotopic (exact) mass is 419 g/mol. The Kier molecular flexibility index (Phi) is 3.43. The number of rotatable bonds is 1. The van der Waals surface area contributed by atoms with Gasteiger partial charge in [0.15, 0.2) is 0 Å². The summed E-state index contributed by atoms with van der Waals surface area (Å²) < 4.78 is 5.07. The average Bonchev–Trinajstić information content (AvgIpc) is 3.43. The number of benzene rings is 3. The van der Waals surface area contributed by atoms with E-state index in [0.717, 1.165) is 13.1 Å². The van der Waals surface area contributed by atoms with E-state index in [-0.39, 0.29) is 5.41 Å². The summed E-state index contributed by atoms with van der Waals surface area (Å²) in [6, 6.07) is 22.8. The summed E-state index contributed by atoms with van der Waals surface area (Å²) in [5.74, 6) is 0.516. The molecule has 2 atom stereocenters. The molecule has 0 radical (unpaired) electrons. The Bertz CT molecular complexity index is 1560. The first-order valence-electron chi connectivity index (χ1n) is 11.9. The van der Waals surface area contributed by atoms with Gasteiger partial charge in [-0.15, -0.1) is 0 Å². The fourth-order valence-corrected chi connectivity index (χ4v) is 7.02. The van der Waals surface area contributed by atoms with Gasteiger partial charge in [-0.2, -0.15) is 0 Å². The second kappa shape index (κ2) is 5.98. The molecule has 0 unspecified atom stereocenters. The molecule has 3 heteroatoms. The summed E-state index contributed by atoms with van der Waals surface area (Å²) in [4.78, 5) is 0.